The van der Waals surface area contributed by atoms with Gasteiger partial charge in [-0.2, -0.15) is 8.78 Å². The third-order valence-electron chi connectivity index (χ3n) is 3.44. The van der Waals surface area contributed by atoms with Gasteiger partial charge in [0.05, 0.1) is 17.6 Å². The molecular weight excluding hydrogens is 306 g/mol. The van der Waals surface area contributed by atoms with E-state index in [-0.39, 0.29) is 29.2 Å². The van der Waals surface area contributed by atoms with E-state index in [1.807, 2.05) is 13.8 Å². The average molecular weight is 327 g/mol. The number of allylic oxidation sites excluding steroid dienone is 1. The van der Waals surface area contributed by atoms with Gasteiger partial charge in [-0.05, 0) is 18.3 Å². The van der Waals surface area contributed by atoms with Gasteiger partial charge >= 0.3 is 11.2 Å². The molecule has 0 unspecified atom stereocenters. The average Bonchev–Trinajstić information content (AvgIpc) is 2.78. The minimum atomic E-state index is -3.12. The Morgan fingerprint density at radius 3 is 2.50 bits per heavy atom. The predicted octanol–water partition coefficient (Wildman–Crippen LogP) is 4.68. The van der Waals surface area contributed by atoms with E-state index in [0.717, 1.165) is 0 Å². The number of alkyl halides is 2. The Morgan fingerprint density at radius 2 is 2.05 bits per heavy atom. The van der Waals surface area contributed by atoms with Crippen LogP contribution in [-0.2, 0) is 9.53 Å². The maximum Gasteiger partial charge on any atom is 0.329 e. The zero-order chi connectivity index (χ0) is 15.7. The molecule has 0 bridgehead atoms. The molecule has 0 N–H and O–H groups in total. The van der Waals surface area contributed by atoms with Crippen molar-refractivity contribution in [1.82, 2.24) is 0 Å². The van der Waals surface area contributed by atoms with Crippen molar-refractivity contribution in [3.05, 3.63) is 11.1 Å². The van der Waals surface area contributed by atoms with Crippen LogP contribution >= 0.6 is 23.4 Å². The SMILES string of the molecule is CCOC(=O)[C@H]1[C@H](C=C(Cl)C(F)(F)SC(C)C)C1(C)C. The van der Waals surface area contributed by atoms with E-state index < -0.39 is 16.2 Å². The van der Waals surface area contributed by atoms with E-state index in [1.165, 1.54) is 6.08 Å². The minimum Gasteiger partial charge on any atom is -0.466 e. The Labute approximate surface area is 128 Å². The zero-order valence-corrected chi connectivity index (χ0v) is 13.9. The molecule has 0 amide bonds. The van der Waals surface area contributed by atoms with Crippen LogP contribution in [0.5, 0.6) is 0 Å². The van der Waals surface area contributed by atoms with E-state index in [1.54, 1.807) is 20.8 Å². The highest BCUT2D eigenvalue weighted by molar-refractivity contribution is 8.01. The van der Waals surface area contributed by atoms with Crippen LogP contribution in [0.2, 0.25) is 0 Å². The van der Waals surface area contributed by atoms with Crippen LogP contribution in [0.4, 0.5) is 8.78 Å². The zero-order valence-electron chi connectivity index (χ0n) is 12.4. The fourth-order valence-corrected chi connectivity index (χ4v) is 3.32. The number of carbonyl (C=O) groups is 1. The topological polar surface area (TPSA) is 26.3 Å². The second kappa shape index (κ2) is 6.22. The van der Waals surface area contributed by atoms with Crippen molar-refractivity contribution in [2.24, 2.45) is 17.3 Å². The summed E-state index contributed by atoms with van der Waals surface area (Å²) in [4.78, 5) is 11.8. The molecule has 1 fully saturated rings. The molecule has 116 valence electrons. The van der Waals surface area contributed by atoms with Crippen molar-refractivity contribution in [2.75, 3.05) is 6.61 Å². The minimum absolute atomic E-state index is 0.236. The highest BCUT2D eigenvalue weighted by Crippen LogP contribution is 2.60. The van der Waals surface area contributed by atoms with Gasteiger partial charge in [0, 0.05) is 5.25 Å². The molecule has 0 saturated heterocycles. The van der Waals surface area contributed by atoms with Gasteiger partial charge in [0.25, 0.3) is 0 Å². The molecule has 0 heterocycles. The number of carbonyl (C=O) groups excluding carboxylic acids is 1. The number of ether oxygens (including phenoxy) is 1. The fourth-order valence-electron chi connectivity index (χ4n) is 2.28. The summed E-state index contributed by atoms with van der Waals surface area (Å²) in [6.45, 7) is 9.09. The second-order valence-corrected chi connectivity index (χ2v) is 7.87. The third-order valence-corrected chi connectivity index (χ3v) is 4.90. The summed E-state index contributed by atoms with van der Waals surface area (Å²) >= 11 is 6.27. The van der Waals surface area contributed by atoms with Gasteiger partial charge < -0.3 is 4.74 Å². The summed E-state index contributed by atoms with van der Waals surface area (Å²) in [7, 11) is 0. The molecule has 2 atom stereocenters. The fraction of sp³-hybridized carbons (Fsp3) is 0.786. The Bertz CT molecular complexity index is 408. The van der Waals surface area contributed by atoms with Crippen molar-refractivity contribution in [3.8, 4) is 0 Å². The van der Waals surface area contributed by atoms with Crippen LogP contribution < -0.4 is 0 Å². The largest absolute Gasteiger partial charge is 0.466 e. The number of thioether (sulfide) groups is 1. The first-order valence-electron chi connectivity index (χ1n) is 6.64. The molecule has 0 aliphatic heterocycles. The first kappa shape index (κ1) is 17.8. The van der Waals surface area contributed by atoms with Gasteiger partial charge in [0.1, 0.15) is 0 Å². The van der Waals surface area contributed by atoms with E-state index in [2.05, 4.69) is 0 Å². The number of halogens is 3. The predicted molar refractivity (Wildman–Crippen MR) is 79.0 cm³/mol. The highest BCUT2D eigenvalue weighted by atomic mass is 35.5. The van der Waals surface area contributed by atoms with Gasteiger partial charge in [-0.3, -0.25) is 4.79 Å². The van der Waals surface area contributed by atoms with E-state index in [9.17, 15) is 13.6 Å². The van der Waals surface area contributed by atoms with Gasteiger partial charge in [0.15, 0.2) is 0 Å². The molecule has 0 aromatic heterocycles. The molecule has 20 heavy (non-hydrogen) atoms. The number of rotatable bonds is 6. The van der Waals surface area contributed by atoms with E-state index >= 15 is 0 Å². The van der Waals surface area contributed by atoms with Crippen LogP contribution in [0.15, 0.2) is 11.1 Å². The van der Waals surface area contributed by atoms with Crippen molar-refractivity contribution in [1.29, 1.82) is 0 Å². The summed E-state index contributed by atoms with van der Waals surface area (Å²) < 4.78 is 32.6. The smallest absolute Gasteiger partial charge is 0.329 e. The molecule has 2 nitrogen and oxygen atoms in total. The lowest BCUT2D eigenvalue weighted by atomic mass is 10.1. The van der Waals surface area contributed by atoms with E-state index in [4.69, 9.17) is 16.3 Å². The van der Waals surface area contributed by atoms with Crippen molar-refractivity contribution >= 4 is 29.3 Å². The van der Waals surface area contributed by atoms with Crippen LogP contribution in [0.3, 0.4) is 0 Å². The Hall–Kier alpha value is -0.290. The van der Waals surface area contributed by atoms with Crippen LogP contribution in [-0.4, -0.2) is 23.1 Å². The monoisotopic (exact) mass is 326 g/mol. The standard InChI is InChI=1S/C14H21ClF2O2S/c1-6-19-12(18)11-9(13(11,4)5)7-10(15)14(16,17)20-8(2)3/h7-9,11H,6H2,1-5H3/t9-,11+/m0/s1. The van der Waals surface area contributed by atoms with Crippen LogP contribution in [0, 0.1) is 17.3 Å². The number of hydrogen-bond donors (Lipinski definition) is 0. The van der Waals surface area contributed by atoms with Crippen LogP contribution in [0.1, 0.15) is 34.6 Å². The van der Waals surface area contributed by atoms with Gasteiger partial charge in [-0.15, -0.1) is 0 Å². The third kappa shape index (κ3) is 3.88. The second-order valence-electron chi connectivity index (χ2n) is 5.77. The molecule has 1 saturated carbocycles. The molecule has 1 aliphatic rings. The van der Waals surface area contributed by atoms with E-state index in [0.29, 0.717) is 11.8 Å². The summed E-state index contributed by atoms with van der Waals surface area (Å²) in [6, 6.07) is 0. The lowest BCUT2D eigenvalue weighted by molar-refractivity contribution is -0.145. The Kier molecular flexibility index (Phi) is 5.53. The van der Waals surface area contributed by atoms with Crippen molar-refractivity contribution in [2.45, 2.75) is 45.1 Å². The summed E-state index contributed by atoms with van der Waals surface area (Å²) in [5.41, 5.74) is -0.384. The first-order chi connectivity index (χ1) is 9.04. The first-order valence-corrected chi connectivity index (χ1v) is 7.89. The molecule has 0 radical (unpaired) electrons. The summed E-state index contributed by atoms with van der Waals surface area (Å²) in [5.74, 6) is -1.04. The molecule has 1 rings (SSSR count). The molecule has 0 spiro atoms. The molecule has 0 aromatic carbocycles. The van der Waals surface area contributed by atoms with Gasteiger partial charge in [-0.1, -0.05) is 57.1 Å². The lowest BCUT2D eigenvalue weighted by Crippen LogP contribution is -2.14. The quantitative estimate of drug-likeness (QED) is 0.663. The lowest BCUT2D eigenvalue weighted by Gasteiger charge is -2.17. The van der Waals surface area contributed by atoms with Gasteiger partial charge in [-0.25, -0.2) is 0 Å². The maximum atomic E-state index is 13.8. The maximum absolute atomic E-state index is 13.8. The van der Waals surface area contributed by atoms with Gasteiger partial charge in [0.2, 0.25) is 0 Å². The highest BCUT2D eigenvalue weighted by Gasteiger charge is 2.62. The number of esters is 1. The molecular formula is C14H21ClF2O2S. The van der Waals surface area contributed by atoms with Crippen molar-refractivity contribution < 1.29 is 18.3 Å². The van der Waals surface area contributed by atoms with Crippen molar-refractivity contribution in [3.63, 3.8) is 0 Å². The Morgan fingerprint density at radius 1 is 1.50 bits per heavy atom. The molecule has 6 heteroatoms. The van der Waals surface area contributed by atoms with Crippen LogP contribution in [0.25, 0.3) is 0 Å². The summed E-state index contributed by atoms with van der Waals surface area (Å²) in [5, 5.41) is -3.85. The normalized spacial score (nSPS) is 25.8. The molecule has 0 aromatic rings. The summed E-state index contributed by atoms with van der Waals surface area (Å²) in [6.07, 6.45) is 1.32. The number of hydrogen-bond acceptors (Lipinski definition) is 3. The molecule has 1 aliphatic carbocycles. The Balaban J connectivity index is 2.81.